The molecule has 2 nitrogen and oxygen atoms in total. The van der Waals surface area contributed by atoms with Crippen molar-refractivity contribution in [1.29, 1.82) is 5.26 Å². The van der Waals surface area contributed by atoms with Crippen LogP contribution in [-0.4, -0.2) is 5.78 Å². The van der Waals surface area contributed by atoms with E-state index in [1.165, 1.54) is 0 Å². The van der Waals surface area contributed by atoms with E-state index in [-0.39, 0.29) is 11.7 Å². The predicted octanol–water partition coefficient (Wildman–Crippen LogP) is 3.67. The lowest BCUT2D eigenvalue weighted by molar-refractivity contribution is -0.123. The minimum atomic E-state index is -0.638. The highest BCUT2D eigenvalue weighted by molar-refractivity contribution is 9.10. The second-order valence-electron chi connectivity index (χ2n) is 4.61. The van der Waals surface area contributed by atoms with Gasteiger partial charge in [-0.3, -0.25) is 4.79 Å². The molecule has 0 radical (unpaired) electrons. The van der Waals surface area contributed by atoms with E-state index in [0.717, 1.165) is 22.9 Å². The lowest BCUT2D eigenvalue weighted by Crippen LogP contribution is -2.20. The Morgan fingerprint density at radius 3 is 2.65 bits per heavy atom. The third-order valence-electron chi connectivity index (χ3n) is 3.41. The fraction of sp³-hybridized carbons (Fsp3) is 0.429. The Bertz CT molecular complexity index is 473. The van der Waals surface area contributed by atoms with Gasteiger partial charge in [-0.1, -0.05) is 41.1 Å². The molecule has 2 rings (SSSR count). The third kappa shape index (κ3) is 2.58. The van der Waals surface area contributed by atoms with E-state index in [0.29, 0.717) is 5.92 Å². The lowest BCUT2D eigenvalue weighted by Gasteiger charge is -2.15. The summed E-state index contributed by atoms with van der Waals surface area (Å²) >= 11 is 3.40. The molecule has 2 atom stereocenters. The van der Waals surface area contributed by atoms with Crippen LogP contribution in [0.1, 0.15) is 31.2 Å². The number of nitriles is 1. The molecule has 0 spiro atoms. The number of hydrogen-bond acceptors (Lipinski definition) is 2. The number of nitrogens with zero attached hydrogens (tertiary/aromatic N) is 1. The van der Waals surface area contributed by atoms with E-state index in [1.54, 1.807) is 0 Å². The van der Waals surface area contributed by atoms with Gasteiger partial charge in [0.25, 0.3) is 0 Å². The van der Waals surface area contributed by atoms with E-state index < -0.39 is 5.92 Å². The summed E-state index contributed by atoms with van der Waals surface area (Å²) < 4.78 is 0.836. The average molecular weight is 292 g/mol. The molecular weight excluding hydrogens is 278 g/mol. The number of halogens is 1. The van der Waals surface area contributed by atoms with Crippen molar-refractivity contribution in [3.05, 3.63) is 34.3 Å². The van der Waals surface area contributed by atoms with Crippen LogP contribution in [-0.2, 0) is 4.79 Å². The van der Waals surface area contributed by atoms with Crippen LogP contribution in [0.4, 0.5) is 0 Å². The van der Waals surface area contributed by atoms with E-state index in [9.17, 15) is 10.1 Å². The number of carbonyl (C=O) groups is 1. The number of rotatable bonds is 4. The smallest absolute Gasteiger partial charge is 0.157 e. The van der Waals surface area contributed by atoms with Crippen molar-refractivity contribution in [2.24, 2.45) is 11.8 Å². The number of carbonyl (C=O) groups excluding carboxylic acids is 1. The Balaban J connectivity index is 2.25. The molecule has 0 aromatic heterocycles. The van der Waals surface area contributed by atoms with Crippen LogP contribution < -0.4 is 0 Å². The normalized spacial score (nSPS) is 18.2. The van der Waals surface area contributed by atoms with Gasteiger partial charge in [0.05, 0.1) is 6.07 Å². The molecule has 0 saturated heterocycles. The number of ketones is 1. The van der Waals surface area contributed by atoms with E-state index >= 15 is 0 Å². The summed E-state index contributed by atoms with van der Waals surface area (Å²) in [6.07, 6.45) is 2.25. The van der Waals surface area contributed by atoms with Crippen molar-refractivity contribution in [1.82, 2.24) is 0 Å². The molecule has 3 heteroatoms. The van der Waals surface area contributed by atoms with Gasteiger partial charge in [-0.2, -0.15) is 5.26 Å². The summed E-state index contributed by atoms with van der Waals surface area (Å²) in [4.78, 5) is 12.3. The first-order valence-corrected chi connectivity index (χ1v) is 6.62. The van der Waals surface area contributed by atoms with Crippen molar-refractivity contribution >= 4 is 21.7 Å². The van der Waals surface area contributed by atoms with E-state index in [1.807, 2.05) is 31.2 Å². The summed E-state index contributed by atoms with van der Waals surface area (Å²) in [6.45, 7) is 1.95. The first-order chi connectivity index (χ1) is 8.15. The summed E-state index contributed by atoms with van der Waals surface area (Å²) in [5.74, 6) is -0.0735. The lowest BCUT2D eigenvalue weighted by atomic mass is 9.87. The molecule has 1 fully saturated rings. The second-order valence-corrected chi connectivity index (χ2v) is 5.47. The zero-order valence-corrected chi connectivity index (χ0v) is 11.3. The second kappa shape index (κ2) is 5.01. The van der Waals surface area contributed by atoms with Gasteiger partial charge < -0.3 is 0 Å². The summed E-state index contributed by atoms with van der Waals surface area (Å²) in [7, 11) is 0. The van der Waals surface area contributed by atoms with E-state index in [2.05, 4.69) is 22.0 Å². The van der Waals surface area contributed by atoms with Crippen LogP contribution in [0.2, 0.25) is 0 Å². The molecule has 0 heterocycles. The van der Waals surface area contributed by atoms with Gasteiger partial charge in [0, 0.05) is 10.4 Å². The molecule has 0 N–H and O–H groups in total. The Hall–Kier alpha value is -1.14. The molecule has 2 unspecified atom stereocenters. The molecule has 0 bridgehead atoms. The quantitative estimate of drug-likeness (QED) is 0.849. The Kier molecular flexibility index (Phi) is 3.63. The largest absolute Gasteiger partial charge is 0.298 e. The van der Waals surface area contributed by atoms with Crippen LogP contribution in [0.25, 0.3) is 0 Å². The van der Waals surface area contributed by atoms with Crippen LogP contribution in [0.5, 0.6) is 0 Å². The maximum absolute atomic E-state index is 12.3. The van der Waals surface area contributed by atoms with Gasteiger partial charge in [-0.05, 0) is 30.4 Å². The third-order valence-corrected chi connectivity index (χ3v) is 4.13. The van der Waals surface area contributed by atoms with Gasteiger partial charge in [0.15, 0.2) is 5.78 Å². The van der Waals surface area contributed by atoms with Crippen LogP contribution >= 0.6 is 15.9 Å². The molecule has 0 aliphatic heterocycles. The molecule has 1 aliphatic carbocycles. The molecule has 1 aliphatic rings. The SMILES string of the molecule is CC(C(=O)C(C#N)c1ccccc1Br)C1CC1. The van der Waals surface area contributed by atoms with Crippen molar-refractivity contribution in [2.45, 2.75) is 25.7 Å². The number of hydrogen-bond donors (Lipinski definition) is 0. The molecule has 0 amide bonds. The molecule has 17 heavy (non-hydrogen) atoms. The highest BCUT2D eigenvalue weighted by atomic mass is 79.9. The van der Waals surface area contributed by atoms with Gasteiger partial charge in [-0.25, -0.2) is 0 Å². The predicted molar refractivity (Wildman–Crippen MR) is 69.4 cm³/mol. The van der Waals surface area contributed by atoms with Gasteiger partial charge >= 0.3 is 0 Å². The van der Waals surface area contributed by atoms with Crippen LogP contribution in [0.15, 0.2) is 28.7 Å². The Morgan fingerprint density at radius 1 is 1.47 bits per heavy atom. The minimum Gasteiger partial charge on any atom is -0.298 e. The van der Waals surface area contributed by atoms with Crippen molar-refractivity contribution in [3.8, 4) is 6.07 Å². The fourth-order valence-corrected chi connectivity index (χ4v) is 2.60. The molecule has 1 aromatic rings. The average Bonchev–Trinajstić information content (AvgIpc) is 3.15. The summed E-state index contributed by atoms with van der Waals surface area (Å²) in [5.41, 5.74) is 0.785. The molecule has 1 aromatic carbocycles. The fourth-order valence-electron chi connectivity index (χ4n) is 2.09. The highest BCUT2D eigenvalue weighted by Gasteiger charge is 2.36. The number of Topliss-reactive ketones (excluding diaryl/α,β-unsaturated/α-hetero) is 1. The maximum Gasteiger partial charge on any atom is 0.157 e. The van der Waals surface area contributed by atoms with Crippen molar-refractivity contribution in [3.63, 3.8) is 0 Å². The van der Waals surface area contributed by atoms with Crippen LogP contribution in [0.3, 0.4) is 0 Å². The summed E-state index contributed by atoms with van der Waals surface area (Å²) in [6, 6.07) is 9.60. The Labute approximate surface area is 110 Å². The number of benzene rings is 1. The molecule has 1 saturated carbocycles. The monoisotopic (exact) mass is 291 g/mol. The van der Waals surface area contributed by atoms with Gasteiger partial charge in [0.1, 0.15) is 5.92 Å². The van der Waals surface area contributed by atoms with Crippen LogP contribution in [0, 0.1) is 23.2 Å². The topological polar surface area (TPSA) is 40.9 Å². The van der Waals surface area contributed by atoms with Crippen molar-refractivity contribution in [2.75, 3.05) is 0 Å². The minimum absolute atomic E-state index is 0.00626. The highest BCUT2D eigenvalue weighted by Crippen LogP contribution is 2.39. The first kappa shape index (κ1) is 12.3. The van der Waals surface area contributed by atoms with E-state index in [4.69, 9.17) is 0 Å². The summed E-state index contributed by atoms with van der Waals surface area (Å²) in [5, 5.41) is 9.23. The van der Waals surface area contributed by atoms with Gasteiger partial charge in [0.2, 0.25) is 0 Å². The first-order valence-electron chi connectivity index (χ1n) is 5.83. The maximum atomic E-state index is 12.3. The zero-order valence-electron chi connectivity index (χ0n) is 9.69. The van der Waals surface area contributed by atoms with Crippen molar-refractivity contribution < 1.29 is 4.79 Å². The van der Waals surface area contributed by atoms with Gasteiger partial charge in [-0.15, -0.1) is 0 Å². The Morgan fingerprint density at radius 2 is 2.12 bits per heavy atom. The molecular formula is C14H14BrNO. The standard InChI is InChI=1S/C14H14BrNO/c1-9(10-6-7-10)14(17)12(8-16)11-4-2-3-5-13(11)15/h2-5,9-10,12H,6-7H2,1H3. The molecule has 88 valence electrons. The zero-order chi connectivity index (χ0) is 12.4.